The van der Waals surface area contributed by atoms with Crippen molar-refractivity contribution in [2.75, 3.05) is 13.7 Å². The molecule has 6 nitrogen and oxygen atoms in total. The SMILES string of the molecule is CNC(=O)CCOc1ccc(S(N)(=O)=O)c(C)c1. The van der Waals surface area contributed by atoms with Crippen molar-refractivity contribution in [3.63, 3.8) is 0 Å². The van der Waals surface area contributed by atoms with E-state index in [9.17, 15) is 13.2 Å². The number of primary sulfonamides is 1. The van der Waals surface area contributed by atoms with Crippen molar-refractivity contribution in [1.82, 2.24) is 5.32 Å². The fourth-order valence-corrected chi connectivity index (χ4v) is 2.18. The molecule has 100 valence electrons. The molecule has 0 spiro atoms. The van der Waals surface area contributed by atoms with Crippen molar-refractivity contribution in [3.05, 3.63) is 23.8 Å². The van der Waals surface area contributed by atoms with Crippen LogP contribution in [0.2, 0.25) is 0 Å². The molecule has 0 aliphatic heterocycles. The van der Waals surface area contributed by atoms with E-state index in [-0.39, 0.29) is 23.8 Å². The molecule has 3 N–H and O–H groups in total. The minimum atomic E-state index is -3.71. The monoisotopic (exact) mass is 272 g/mol. The van der Waals surface area contributed by atoms with E-state index in [1.54, 1.807) is 20.0 Å². The zero-order valence-electron chi connectivity index (χ0n) is 10.3. The Morgan fingerprint density at radius 1 is 1.44 bits per heavy atom. The number of hydrogen-bond acceptors (Lipinski definition) is 4. The van der Waals surface area contributed by atoms with Crippen molar-refractivity contribution in [2.45, 2.75) is 18.2 Å². The Morgan fingerprint density at radius 3 is 2.61 bits per heavy atom. The lowest BCUT2D eigenvalue weighted by Gasteiger charge is -2.08. The second-order valence-corrected chi connectivity index (χ2v) is 5.27. The molecule has 0 radical (unpaired) electrons. The van der Waals surface area contributed by atoms with Crippen LogP contribution < -0.4 is 15.2 Å². The Hall–Kier alpha value is -1.60. The summed E-state index contributed by atoms with van der Waals surface area (Å²) in [5.41, 5.74) is 0.509. The zero-order chi connectivity index (χ0) is 13.8. The van der Waals surface area contributed by atoms with Crippen LogP contribution in [-0.4, -0.2) is 28.0 Å². The third kappa shape index (κ3) is 4.01. The maximum Gasteiger partial charge on any atom is 0.238 e. The van der Waals surface area contributed by atoms with Crippen LogP contribution in [0.3, 0.4) is 0 Å². The number of carbonyl (C=O) groups is 1. The molecule has 1 rings (SSSR count). The summed E-state index contributed by atoms with van der Waals surface area (Å²) in [5.74, 6) is 0.386. The molecule has 0 saturated heterocycles. The fourth-order valence-electron chi connectivity index (χ4n) is 1.42. The van der Waals surface area contributed by atoms with E-state index in [0.717, 1.165) is 0 Å². The first-order valence-electron chi connectivity index (χ1n) is 5.31. The van der Waals surface area contributed by atoms with Gasteiger partial charge in [-0.2, -0.15) is 0 Å². The molecule has 18 heavy (non-hydrogen) atoms. The molecule has 0 fully saturated rings. The standard InChI is InChI=1S/C11H16N2O4S/c1-8-7-9(17-6-5-11(14)13-2)3-4-10(8)18(12,15)16/h3-4,7H,5-6H2,1-2H3,(H,13,14)(H2,12,15,16). The van der Waals surface area contributed by atoms with Crippen molar-refractivity contribution in [1.29, 1.82) is 0 Å². The minimum absolute atomic E-state index is 0.0705. The van der Waals surface area contributed by atoms with Gasteiger partial charge in [-0.1, -0.05) is 0 Å². The topological polar surface area (TPSA) is 98.5 Å². The Bertz CT molecular complexity index is 540. The highest BCUT2D eigenvalue weighted by atomic mass is 32.2. The molecular formula is C11H16N2O4S. The van der Waals surface area contributed by atoms with Crippen LogP contribution in [0.1, 0.15) is 12.0 Å². The predicted molar refractivity (Wildman–Crippen MR) is 66.7 cm³/mol. The third-order valence-corrected chi connectivity index (χ3v) is 3.40. The molecule has 1 aromatic rings. The van der Waals surface area contributed by atoms with Gasteiger partial charge in [-0.05, 0) is 30.7 Å². The number of amides is 1. The Labute approximate surface area is 106 Å². The highest BCUT2D eigenvalue weighted by Crippen LogP contribution is 2.20. The summed E-state index contributed by atoms with van der Waals surface area (Å²) in [6.07, 6.45) is 0.243. The molecule has 1 aromatic carbocycles. The van der Waals surface area contributed by atoms with Crippen LogP contribution in [-0.2, 0) is 14.8 Å². The van der Waals surface area contributed by atoms with E-state index >= 15 is 0 Å². The van der Waals surface area contributed by atoms with Crippen LogP contribution in [0.15, 0.2) is 23.1 Å². The maximum absolute atomic E-state index is 11.2. The first kappa shape index (κ1) is 14.5. The first-order chi connectivity index (χ1) is 8.34. The molecule has 0 bridgehead atoms. The average Bonchev–Trinajstić information content (AvgIpc) is 2.27. The number of benzene rings is 1. The van der Waals surface area contributed by atoms with E-state index in [1.165, 1.54) is 12.1 Å². The number of ether oxygens (including phenoxy) is 1. The van der Waals surface area contributed by atoms with Crippen LogP contribution >= 0.6 is 0 Å². The van der Waals surface area contributed by atoms with E-state index in [0.29, 0.717) is 11.3 Å². The van der Waals surface area contributed by atoms with Gasteiger partial charge in [0.2, 0.25) is 15.9 Å². The number of nitrogens with one attached hydrogen (secondary N) is 1. The molecule has 0 aliphatic carbocycles. The van der Waals surface area contributed by atoms with Crippen molar-refractivity contribution >= 4 is 15.9 Å². The summed E-state index contributed by atoms with van der Waals surface area (Å²) >= 11 is 0. The van der Waals surface area contributed by atoms with E-state index in [2.05, 4.69) is 5.32 Å². The summed E-state index contributed by atoms with van der Waals surface area (Å²) in [6.45, 7) is 1.86. The number of sulfonamides is 1. The minimum Gasteiger partial charge on any atom is -0.493 e. The number of nitrogens with two attached hydrogens (primary N) is 1. The Balaban J connectivity index is 2.71. The Kier molecular flexibility index (Phi) is 4.69. The summed E-state index contributed by atoms with van der Waals surface area (Å²) in [5, 5.41) is 7.52. The number of carbonyl (C=O) groups excluding carboxylic acids is 1. The van der Waals surface area contributed by atoms with Gasteiger partial charge in [-0.15, -0.1) is 0 Å². The highest BCUT2D eigenvalue weighted by molar-refractivity contribution is 7.89. The molecule has 1 amide bonds. The van der Waals surface area contributed by atoms with Gasteiger partial charge in [0.25, 0.3) is 0 Å². The van der Waals surface area contributed by atoms with Crippen LogP contribution in [0.4, 0.5) is 0 Å². The van der Waals surface area contributed by atoms with Gasteiger partial charge in [0.15, 0.2) is 0 Å². The number of aryl methyl sites for hydroxylation is 1. The van der Waals surface area contributed by atoms with Gasteiger partial charge in [0.05, 0.1) is 17.9 Å². The number of hydrogen-bond donors (Lipinski definition) is 2. The second kappa shape index (κ2) is 5.83. The second-order valence-electron chi connectivity index (χ2n) is 3.74. The van der Waals surface area contributed by atoms with Crippen LogP contribution in [0.25, 0.3) is 0 Å². The molecule has 7 heteroatoms. The van der Waals surface area contributed by atoms with Gasteiger partial charge in [-0.3, -0.25) is 4.79 Å². The molecule has 0 atom stereocenters. The fraction of sp³-hybridized carbons (Fsp3) is 0.364. The summed E-state index contributed by atoms with van der Waals surface area (Å²) in [7, 11) is -2.16. The molecule has 0 aliphatic rings. The highest BCUT2D eigenvalue weighted by Gasteiger charge is 2.11. The van der Waals surface area contributed by atoms with E-state index in [4.69, 9.17) is 9.88 Å². The molecule has 0 aromatic heterocycles. The van der Waals surface area contributed by atoms with Gasteiger partial charge in [0, 0.05) is 7.05 Å². The summed E-state index contributed by atoms with van der Waals surface area (Å²) in [6, 6.07) is 4.47. The van der Waals surface area contributed by atoms with Crippen molar-refractivity contribution < 1.29 is 17.9 Å². The molecular weight excluding hydrogens is 256 g/mol. The average molecular weight is 272 g/mol. The molecule has 0 saturated carbocycles. The lowest BCUT2D eigenvalue weighted by Crippen LogP contribution is -2.20. The third-order valence-electron chi connectivity index (χ3n) is 2.33. The maximum atomic E-state index is 11.2. The first-order valence-corrected chi connectivity index (χ1v) is 6.86. The predicted octanol–water partition coefficient (Wildman–Crippen LogP) is 0.157. The van der Waals surface area contributed by atoms with E-state index < -0.39 is 10.0 Å². The van der Waals surface area contributed by atoms with Gasteiger partial charge in [0.1, 0.15) is 5.75 Å². The van der Waals surface area contributed by atoms with Crippen molar-refractivity contribution in [3.8, 4) is 5.75 Å². The van der Waals surface area contributed by atoms with Gasteiger partial charge >= 0.3 is 0 Å². The zero-order valence-corrected chi connectivity index (χ0v) is 11.1. The normalized spacial score (nSPS) is 11.1. The smallest absolute Gasteiger partial charge is 0.238 e. The van der Waals surface area contributed by atoms with E-state index in [1.807, 2.05) is 0 Å². The molecule has 0 heterocycles. The lowest BCUT2D eigenvalue weighted by atomic mass is 10.2. The Morgan fingerprint density at radius 2 is 2.11 bits per heavy atom. The quantitative estimate of drug-likeness (QED) is 0.797. The summed E-state index contributed by atoms with van der Waals surface area (Å²) in [4.78, 5) is 11.0. The van der Waals surface area contributed by atoms with Gasteiger partial charge in [-0.25, -0.2) is 13.6 Å². The number of rotatable bonds is 5. The lowest BCUT2D eigenvalue weighted by molar-refractivity contribution is -0.121. The molecule has 0 unspecified atom stereocenters. The van der Waals surface area contributed by atoms with Crippen LogP contribution in [0, 0.1) is 6.92 Å². The van der Waals surface area contributed by atoms with Gasteiger partial charge < -0.3 is 10.1 Å². The largest absolute Gasteiger partial charge is 0.493 e. The van der Waals surface area contributed by atoms with Crippen LogP contribution in [0.5, 0.6) is 5.75 Å². The summed E-state index contributed by atoms with van der Waals surface area (Å²) < 4.78 is 27.7. The van der Waals surface area contributed by atoms with Crippen molar-refractivity contribution in [2.24, 2.45) is 5.14 Å².